The van der Waals surface area contributed by atoms with Gasteiger partial charge >= 0.3 is 0 Å². The summed E-state index contributed by atoms with van der Waals surface area (Å²) in [5, 5.41) is 6.76. The van der Waals surface area contributed by atoms with Gasteiger partial charge in [-0.3, -0.25) is 9.59 Å². The predicted octanol–water partition coefficient (Wildman–Crippen LogP) is 3.69. The Hall–Kier alpha value is -3.08. The largest absolute Gasteiger partial charge is 0.351 e. The van der Waals surface area contributed by atoms with Gasteiger partial charge in [0.25, 0.3) is 5.91 Å². The molecule has 1 aromatic heterocycles. The second kappa shape index (κ2) is 7.21. The molecule has 0 aliphatic carbocycles. The van der Waals surface area contributed by atoms with Crippen molar-refractivity contribution in [2.24, 2.45) is 5.92 Å². The number of carbonyl (C=O) groups excluding carboxylic acids is 2. The van der Waals surface area contributed by atoms with E-state index in [1.165, 1.54) is 0 Å². The summed E-state index contributed by atoms with van der Waals surface area (Å²) >= 11 is 0. The number of carbonyl (C=O) groups is 2. The maximum atomic E-state index is 12.3. The Morgan fingerprint density at radius 2 is 1.84 bits per heavy atom. The number of benzene rings is 2. The number of anilines is 1. The van der Waals surface area contributed by atoms with Crippen LogP contribution >= 0.6 is 0 Å². The highest BCUT2D eigenvalue weighted by Crippen LogP contribution is 2.15. The summed E-state index contributed by atoms with van der Waals surface area (Å²) in [5.41, 5.74) is 3.12. The molecule has 1 heterocycles. The van der Waals surface area contributed by atoms with Gasteiger partial charge in [0.05, 0.1) is 0 Å². The second-order valence-corrected chi connectivity index (χ2v) is 6.30. The summed E-state index contributed by atoms with van der Waals surface area (Å²) in [6.07, 6.45) is 0. The van der Waals surface area contributed by atoms with Crippen molar-refractivity contribution in [2.45, 2.75) is 20.4 Å². The molecule has 2 aromatic carbocycles. The lowest BCUT2D eigenvalue weighted by Gasteiger charge is -2.10. The van der Waals surface area contributed by atoms with E-state index in [0.29, 0.717) is 12.2 Å². The fourth-order valence-corrected chi connectivity index (χ4v) is 2.52. The standard InChI is InChI=1S/C20H21N3O2/c1-13(2)19(24)22-16-8-5-6-14(10-16)12-21-20(25)18-11-15-7-3-4-9-17(15)23-18/h3-11,13,23H,12H2,1-2H3,(H,21,25)(H,22,24). The summed E-state index contributed by atoms with van der Waals surface area (Å²) in [6, 6.07) is 17.1. The number of hydrogen-bond acceptors (Lipinski definition) is 2. The van der Waals surface area contributed by atoms with Gasteiger partial charge in [0.1, 0.15) is 5.69 Å². The van der Waals surface area contributed by atoms with Crippen molar-refractivity contribution >= 4 is 28.4 Å². The topological polar surface area (TPSA) is 74.0 Å². The molecule has 0 saturated heterocycles. The van der Waals surface area contributed by atoms with Gasteiger partial charge < -0.3 is 15.6 Å². The number of aromatic amines is 1. The van der Waals surface area contributed by atoms with Crippen LogP contribution in [0.3, 0.4) is 0 Å². The first-order valence-electron chi connectivity index (χ1n) is 8.28. The van der Waals surface area contributed by atoms with Crippen LogP contribution in [0.25, 0.3) is 10.9 Å². The zero-order valence-corrected chi connectivity index (χ0v) is 14.3. The van der Waals surface area contributed by atoms with Gasteiger partial charge in [0.15, 0.2) is 0 Å². The molecule has 2 amide bonds. The molecule has 0 radical (unpaired) electrons. The summed E-state index contributed by atoms with van der Waals surface area (Å²) in [4.78, 5) is 27.2. The average Bonchev–Trinajstić information content (AvgIpc) is 3.04. The van der Waals surface area contributed by atoms with Crippen molar-refractivity contribution in [2.75, 3.05) is 5.32 Å². The molecule has 128 valence electrons. The van der Waals surface area contributed by atoms with Crippen LogP contribution in [-0.4, -0.2) is 16.8 Å². The van der Waals surface area contributed by atoms with Gasteiger partial charge in [-0.05, 0) is 29.8 Å². The van der Waals surface area contributed by atoms with Crippen LogP contribution in [0.1, 0.15) is 29.9 Å². The summed E-state index contributed by atoms with van der Waals surface area (Å²) in [5.74, 6) is -0.266. The number of amides is 2. The lowest BCUT2D eigenvalue weighted by Crippen LogP contribution is -2.23. The van der Waals surface area contributed by atoms with E-state index in [4.69, 9.17) is 0 Å². The Balaban J connectivity index is 1.64. The van der Waals surface area contributed by atoms with E-state index in [0.717, 1.165) is 22.2 Å². The quantitative estimate of drug-likeness (QED) is 0.665. The Morgan fingerprint density at radius 1 is 1.04 bits per heavy atom. The van der Waals surface area contributed by atoms with Crippen molar-refractivity contribution in [3.8, 4) is 0 Å². The fraction of sp³-hybridized carbons (Fsp3) is 0.200. The minimum Gasteiger partial charge on any atom is -0.351 e. The van der Waals surface area contributed by atoms with Crippen LogP contribution in [0.5, 0.6) is 0 Å². The highest BCUT2D eigenvalue weighted by Gasteiger charge is 2.10. The summed E-state index contributed by atoms with van der Waals surface area (Å²) in [6.45, 7) is 4.08. The van der Waals surface area contributed by atoms with E-state index in [1.807, 2.05) is 68.4 Å². The van der Waals surface area contributed by atoms with Crippen LogP contribution in [0.4, 0.5) is 5.69 Å². The fourth-order valence-electron chi connectivity index (χ4n) is 2.52. The van der Waals surface area contributed by atoms with E-state index in [1.54, 1.807) is 0 Å². The molecule has 5 heteroatoms. The number of hydrogen-bond donors (Lipinski definition) is 3. The zero-order chi connectivity index (χ0) is 17.8. The lowest BCUT2D eigenvalue weighted by atomic mass is 10.1. The molecule has 0 aliphatic rings. The number of rotatable bonds is 5. The van der Waals surface area contributed by atoms with Gasteiger partial charge in [0, 0.05) is 29.1 Å². The van der Waals surface area contributed by atoms with Crippen LogP contribution in [-0.2, 0) is 11.3 Å². The van der Waals surface area contributed by atoms with Gasteiger partial charge in [-0.2, -0.15) is 0 Å². The predicted molar refractivity (Wildman–Crippen MR) is 99.4 cm³/mol. The highest BCUT2D eigenvalue weighted by molar-refractivity contribution is 5.98. The molecule has 0 aliphatic heterocycles. The van der Waals surface area contributed by atoms with Gasteiger partial charge in [-0.25, -0.2) is 0 Å². The number of fused-ring (bicyclic) bond motifs is 1. The average molecular weight is 335 g/mol. The lowest BCUT2D eigenvalue weighted by molar-refractivity contribution is -0.118. The molecule has 0 atom stereocenters. The van der Waals surface area contributed by atoms with Crippen LogP contribution in [0, 0.1) is 5.92 Å². The maximum absolute atomic E-state index is 12.3. The maximum Gasteiger partial charge on any atom is 0.267 e. The van der Waals surface area contributed by atoms with Gasteiger partial charge in [-0.15, -0.1) is 0 Å². The first-order valence-corrected chi connectivity index (χ1v) is 8.28. The van der Waals surface area contributed by atoms with Gasteiger partial charge in [-0.1, -0.05) is 44.2 Å². The Kier molecular flexibility index (Phi) is 4.84. The smallest absolute Gasteiger partial charge is 0.267 e. The van der Waals surface area contributed by atoms with Crippen LogP contribution in [0.2, 0.25) is 0 Å². The summed E-state index contributed by atoms with van der Waals surface area (Å²) in [7, 11) is 0. The normalized spacial score (nSPS) is 10.8. The zero-order valence-electron chi connectivity index (χ0n) is 14.3. The second-order valence-electron chi connectivity index (χ2n) is 6.30. The molecule has 3 N–H and O–H groups in total. The van der Waals surface area contributed by atoms with Crippen molar-refractivity contribution in [3.05, 3.63) is 65.9 Å². The molecule has 3 aromatic rings. The molecule has 0 unspecified atom stereocenters. The summed E-state index contributed by atoms with van der Waals surface area (Å²) < 4.78 is 0. The molecule has 0 fully saturated rings. The minimum atomic E-state index is -0.159. The minimum absolute atomic E-state index is 0.0285. The SMILES string of the molecule is CC(C)C(=O)Nc1cccc(CNC(=O)c2cc3ccccc3[nH]2)c1. The van der Waals surface area contributed by atoms with Crippen molar-refractivity contribution in [1.29, 1.82) is 0 Å². The van der Waals surface area contributed by atoms with Crippen molar-refractivity contribution in [1.82, 2.24) is 10.3 Å². The van der Waals surface area contributed by atoms with E-state index in [9.17, 15) is 9.59 Å². The number of nitrogens with one attached hydrogen (secondary N) is 3. The first-order chi connectivity index (χ1) is 12.0. The molecule has 5 nitrogen and oxygen atoms in total. The van der Waals surface area contributed by atoms with Crippen molar-refractivity contribution in [3.63, 3.8) is 0 Å². The Labute approximate surface area is 146 Å². The third kappa shape index (κ3) is 4.07. The highest BCUT2D eigenvalue weighted by atomic mass is 16.2. The molecular formula is C20H21N3O2. The molecule has 25 heavy (non-hydrogen) atoms. The third-order valence-corrected chi connectivity index (χ3v) is 3.95. The van der Waals surface area contributed by atoms with E-state index >= 15 is 0 Å². The monoisotopic (exact) mass is 335 g/mol. The van der Waals surface area contributed by atoms with Crippen LogP contribution < -0.4 is 10.6 Å². The molecule has 0 saturated carbocycles. The Morgan fingerprint density at radius 3 is 2.60 bits per heavy atom. The van der Waals surface area contributed by atoms with Crippen molar-refractivity contribution < 1.29 is 9.59 Å². The Bertz CT molecular complexity index is 879. The molecule has 3 rings (SSSR count). The molecular weight excluding hydrogens is 314 g/mol. The first kappa shape index (κ1) is 16.8. The molecule has 0 spiro atoms. The van der Waals surface area contributed by atoms with E-state index in [-0.39, 0.29) is 17.7 Å². The van der Waals surface area contributed by atoms with E-state index in [2.05, 4.69) is 15.6 Å². The van der Waals surface area contributed by atoms with Crippen LogP contribution in [0.15, 0.2) is 54.6 Å². The third-order valence-electron chi connectivity index (χ3n) is 3.95. The molecule has 0 bridgehead atoms. The number of H-pyrrole nitrogens is 1. The van der Waals surface area contributed by atoms with E-state index < -0.39 is 0 Å². The number of para-hydroxylation sites is 1. The number of aromatic nitrogens is 1. The van der Waals surface area contributed by atoms with Gasteiger partial charge in [0.2, 0.25) is 5.91 Å².